The van der Waals surface area contributed by atoms with Crippen LogP contribution in [0.4, 0.5) is 11.4 Å². The highest BCUT2D eigenvalue weighted by Crippen LogP contribution is 2.26. The predicted octanol–water partition coefficient (Wildman–Crippen LogP) is 3.61. The number of ether oxygens (including phenoxy) is 2. The van der Waals surface area contributed by atoms with Crippen LogP contribution in [-0.4, -0.2) is 31.1 Å². The molecule has 0 aromatic heterocycles. The number of benzene rings is 3. The Morgan fingerprint density at radius 2 is 1.13 bits per heavy atom. The van der Waals surface area contributed by atoms with E-state index >= 15 is 0 Å². The molecule has 0 fully saturated rings. The zero-order chi connectivity index (χ0) is 22.6. The van der Waals surface area contributed by atoms with Crippen molar-refractivity contribution in [3.05, 3.63) is 72.3 Å². The topological polar surface area (TPSA) is 111 Å². The molecule has 3 aromatic carbocycles. The van der Waals surface area contributed by atoms with Crippen molar-refractivity contribution in [3.63, 3.8) is 0 Å². The van der Waals surface area contributed by atoms with E-state index in [4.69, 9.17) is 9.47 Å². The van der Waals surface area contributed by atoms with E-state index in [1.54, 1.807) is 31.2 Å². The maximum absolute atomic E-state index is 12.8. The first-order valence-corrected chi connectivity index (χ1v) is 12.1. The summed E-state index contributed by atoms with van der Waals surface area (Å²) in [4.78, 5) is -0.0568. The lowest BCUT2D eigenvalue weighted by Crippen LogP contribution is -2.16. The van der Waals surface area contributed by atoms with Gasteiger partial charge < -0.3 is 9.47 Å². The van der Waals surface area contributed by atoms with Gasteiger partial charge in [-0.3, -0.25) is 9.44 Å². The maximum Gasteiger partial charge on any atom is 0.261 e. The van der Waals surface area contributed by atoms with Crippen molar-refractivity contribution in [1.82, 2.24) is 0 Å². The van der Waals surface area contributed by atoms with E-state index in [2.05, 4.69) is 9.44 Å². The van der Waals surface area contributed by atoms with E-state index in [0.29, 0.717) is 22.7 Å². The number of methoxy groups -OCH3 is 2. The van der Waals surface area contributed by atoms with E-state index in [1.165, 1.54) is 56.7 Å². The van der Waals surface area contributed by atoms with Crippen molar-refractivity contribution in [2.75, 3.05) is 23.7 Å². The standard InChI is InChI=1S/C21H22N2O6S2/c1-15-4-11-20(31(26,27)22-16-5-7-17(28-2)8-6-16)14-21(15)23-30(24,25)19-12-9-18(29-3)10-13-19/h4-14,22-23H,1-3H3. The van der Waals surface area contributed by atoms with Crippen LogP contribution in [0.3, 0.4) is 0 Å². The Kier molecular flexibility index (Phi) is 6.42. The second-order valence-corrected chi connectivity index (χ2v) is 9.96. The molecule has 0 saturated carbocycles. The monoisotopic (exact) mass is 462 g/mol. The van der Waals surface area contributed by atoms with E-state index in [1.807, 2.05) is 0 Å². The summed E-state index contributed by atoms with van der Waals surface area (Å²) in [6, 6.07) is 16.5. The van der Waals surface area contributed by atoms with Gasteiger partial charge >= 0.3 is 0 Å². The highest BCUT2D eigenvalue weighted by Gasteiger charge is 2.19. The van der Waals surface area contributed by atoms with E-state index < -0.39 is 20.0 Å². The lowest BCUT2D eigenvalue weighted by Gasteiger charge is -2.14. The zero-order valence-corrected chi connectivity index (χ0v) is 18.7. The molecule has 0 atom stereocenters. The molecule has 0 unspecified atom stereocenters. The van der Waals surface area contributed by atoms with Crippen LogP contribution >= 0.6 is 0 Å². The summed E-state index contributed by atoms with van der Waals surface area (Å²) in [5.41, 5.74) is 1.08. The van der Waals surface area contributed by atoms with Crippen molar-refractivity contribution in [3.8, 4) is 11.5 Å². The molecule has 0 radical (unpaired) electrons. The quantitative estimate of drug-likeness (QED) is 0.529. The van der Waals surface area contributed by atoms with E-state index in [9.17, 15) is 16.8 Å². The Labute approximate surface area is 181 Å². The summed E-state index contributed by atoms with van der Waals surface area (Å²) in [5, 5.41) is 0. The van der Waals surface area contributed by atoms with Gasteiger partial charge in [0.2, 0.25) is 0 Å². The maximum atomic E-state index is 12.8. The molecule has 8 nitrogen and oxygen atoms in total. The number of rotatable bonds is 8. The predicted molar refractivity (Wildman–Crippen MR) is 119 cm³/mol. The Morgan fingerprint density at radius 1 is 0.645 bits per heavy atom. The molecule has 0 spiro atoms. The van der Waals surface area contributed by atoms with Crippen LogP contribution in [0.2, 0.25) is 0 Å². The number of hydrogen-bond acceptors (Lipinski definition) is 6. The van der Waals surface area contributed by atoms with Crippen molar-refractivity contribution in [2.24, 2.45) is 0 Å². The second kappa shape index (κ2) is 8.86. The van der Waals surface area contributed by atoms with Crippen LogP contribution in [0, 0.1) is 6.92 Å². The first kappa shape index (κ1) is 22.4. The molecular formula is C21H22N2O6S2. The fourth-order valence-electron chi connectivity index (χ4n) is 2.71. The van der Waals surface area contributed by atoms with Crippen LogP contribution in [0.15, 0.2) is 76.5 Å². The Bertz CT molecular complexity index is 1270. The minimum atomic E-state index is -3.94. The largest absolute Gasteiger partial charge is 0.497 e. The van der Waals surface area contributed by atoms with Gasteiger partial charge in [0, 0.05) is 5.69 Å². The molecule has 0 aliphatic heterocycles. The highest BCUT2D eigenvalue weighted by molar-refractivity contribution is 7.93. The van der Waals surface area contributed by atoms with Gasteiger partial charge in [-0.25, -0.2) is 16.8 Å². The molecule has 0 saturated heterocycles. The number of sulfonamides is 2. The minimum absolute atomic E-state index is 0.0253. The molecule has 0 bridgehead atoms. The summed E-state index contributed by atoms with van der Waals surface area (Å²) in [5.74, 6) is 1.11. The van der Waals surface area contributed by atoms with Gasteiger partial charge in [0.25, 0.3) is 20.0 Å². The third-order valence-electron chi connectivity index (χ3n) is 4.48. The summed E-state index contributed by atoms with van der Waals surface area (Å²) in [7, 11) is -4.87. The zero-order valence-electron chi connectivity index (χ0n) is 17.1. The second-order valence-electron chi connectivity index (χ2n) is 6.59. The van der Waals surface area contributed by atoms with Crippen LogP contribution in [0.5, 0.6) is 11.5 Å². The molecular weight excluding hydrogens is 440 g/mol. The molecule has 0 heterocycles. The van der Waals surface area contributed by atoms with Gasteiger partial charge in [0.1, 0.15) is 11.5 Å². The first-order chi connectivity index (χ1) is 14.6. The Morgan fingerprint density at radius 3 is 1.68 bits per heavy atom. The van der Waals surface area contributed by atoms with Gasteiger partial charge in [-0.05, 0) is 73.2 Å². The van der Waals surface area contributed by atoms with Gasteiger partial charge in [0.05, 0.1) is 29.7 Å². The molecule has 0 aliphatic rings. The molecule has 0 aliphatic carbocycles. The SMILES string of the molecule is COc1ccc(NS(=O)(=O)c2ccc(C)c(NS(=O)(=O)c3ccc(OC)cc3)c2)cc1. The van der Waals surface area contributed by atoms with Gasteiger partial charge in [0.15, 0.2) is 0 Å². The van der Waals surface area contributed by atoms with Crippen molar-refractivity contribution >= 4 is 31.4 Å². The summed E-state index contributed by atoms with van der Waals surface area (Å²) >= 11 is 0. The van der Waals surface area contributed by atoms with E-state index in [0.717, 1.165) is 0 Å². The fraction of sp³-hybridized carbons (Fsp3) is 0.143. The third-order valence-corrected chi connectivity index (χ3v) is 7.24. The summed E-state index contributed by atoms with van der Waals surface area (Å²) in [6.07, 6.45) is 0. The van der Waals surface area contributed by atoms with Crippen molar-refractivity contribution < 1.29 is 26.3 Å². The van der Waals surface area contributed by atoms with Gasteiger partial charge in [-0.1, -0.05) is 6.07 Å². The van der Waals surface area contributed by atoms with Gasteiger partial charge in [-0.2, -0.15) is 0 Å². The molecule has 164 valence electrons. The molecule has 2 N–H and O–H groups in total. The molecule has 31 heavy (non-hydrogen) atoms. The third kappa shape index (κ3) is 5.28. The fourth-order valence-corrected chi connectivity index (χ4v) is 4.92. The summed E-state index contributed by atoms with van der Waals surface area (Å²) < 4.78 is 66.1. The molecule has 10 heteroatoms. The Balaban J connectivity index is 1.87. The number of nitrogens with one attached hydrogen (secondary N) is 2. The van der Waals surface area contributed by atoms with Crippen LogP contribution in [0.1, 0.15) is 5.56 Å². The van der Waals surface area contributed by atoms with Crippen LogP contribution in [0.25, 0.3) is 0 Å². The van der Waals surface area contributed by atoms with E-state index in [-0.39, 0.29) is 15.5 Å². The smallest absolute Gasteiger partial charge is 0.261 e. The average molecular weight is 463 g/mol. The lowest BCUT2D eigenvalue weighted by molar-refractivity contribution is 0.414. The molecule has 3 aromatic rings. The lowest BCUT2D eigenvalue weighted by atomic mass is 10.2. The van der Waals surface area contributed by atoms with Crippen molar-refractivity contribution in [2.45, 2.75) is 16.7 Å². The Hall–Kier alpha value is -3.24. The van der Waals surface area contributed by atoms with Crippen LogP contribution < -0.4 is 18.9 Å². The summed E-state index contributed by atoms with van der Waals surface area (Å²) in [6.45, 7) is 1.68. The normalized spacial score (nSPS) is 11.6. The first-order valence-electron chi connectivity index (χ1n) is 9.09. The number of hydrogen-bond donors (Lipinski definition) is 2. The number of aryl methyl sites for hydroxylation is 1. The molecule has 3 rings (SSSR count). The van der Waals surface area contributed by atoms with Gasteiger partial charge in [-0.15, -0.1) is 0 Å². The highest BCUT2D eigenvalue weighted by atomic mass is 32.2. The minimum Gasteiger partial charge on any atom is -0.497 e. The average Bonchev–Trinajstić information content (AvgIpc) is 2.75. The van der Waals surface area contributed by atoms with Crippen molar-refractivity contribution in [1.29, 1.82) is 0 Å². The van der Waals surface area contributed by atoms with Crippen LogP contribution in [-0.2, 0) is 20.0 Å². The number of anilines is 2. The molecule has 0 amide bonds.